The van der Waals surface area contributed by atoms with Crippen LogP contribution in [0.25, 0.3) is 0 Å². The fraction of sp³-hybridized carbons (Fsp3) is 0.353. The molecule has 0 spiro atoms. The Morgan fingerprint density at radius 3 is 2.60 bits per heavy atom. The van der Waals surface area contributed by atoms with Gasteiger partial charge in [0.25, 0.3) is 0 Å². The molecule has 2 rings (SSSR count). The van der Waals surface area contributed by atoms with Crippen molar-refractivity contribution in [1.29, 1.82) is 0 Å². The third-order valence-electron chi connectivity index (χ3n) is 3.01. The Labute approximate surface area is 155 Å². The van der Waals surface area contributed by atoms with E-state index in [-0.39, 0.29) is 17.4 Å². The number of esters is 1. The molecule has 2 heterocycles. The van der Waals surface area contributed by atoms with Gasteiger partial charge in [0.2, 0.25) is 0 Å². The third kappa shape index (κ3) is 6.03. The first-order valence-electron chi connectivity index (χ1n) is 7.53. The highest BCUT2D eigenvalue weighted by Gasteiger charge is 2.21. The first kappa shape index (κ1) is 19.2. The largest absolute Gasteiger partial charge is 0.477 e. The highest BCUT2D eigenvalue weighted by molar-refractivity contribution is 7.13. The summed E-state index contributed by atoms with van der Waals surface area (Å²) < 4.78 is 5.38. The summed E-state index contributed by atoms with van der Waals surface area (Å²) >= 11 is 7.16. The Balaban J connectivity index is 2.22. The van der Waals surface area contributed by atoms with E-state index in [1.807, 2.05) is 0 Å². The molecule has 0 fully saturated rings. The normalized spacial score (nSPS) is 11.2. The minimum Gasteiger partial charge on any atom is -0.477 e. The number of hydrogen-bond acceptors (Lipinski definition) is 6. The standard InChI is InChI=1S/C17H19ClN2O4S/c1-17(2,3)24-15(21)10-20(12-6-11(18)7-19-8-12)9-13-4-5-14(25-13)16(22)23/h4-8H,9-10H2,1-3H3,(H,22,23). The SMILES string of the molecule is CC(C)(C)OC(=O)CN(Cc1ccc(C(=O)O)s1)c1cncc(Cl)c1. The van der Waals surface area contributed by atoms with Crippen LogP contribution in [0, 0.1) is 0 Å². The van der Waals surface area contributed by atoms with Crippen LogP contribution in [0.4, 0.5) is 5.69 Å². The van der Waals surface area contributed by atoms with Gasteiger partial charge in [-0.25, -0.2) is 4.79 Å². The number of anilines is 1. The number of carbonyl (C=O) groups excluding carboxylic acids is 1. The summed E-state index contributed by atoms with van der Waals surface area (Å²) in [6.45, 7) is 5.75. The number of thiophene rings is 1. The second-order valence-electron chi connectivity index (χ2n) is 6.37. The summed E-state index contributed by atoms with van der Waals surface area (Å²) in [7, 11) is 0. The van der Waals surface area contributed by atoms with Crippen LogP contribution in [-0.4, -0.2) is 34.2 Å². The van der Waals surface area contributed by atoms with E-state index in [9.17, 15) is 9.59 Å². The zero-order chi connectivity index (χ0) is 18.6. The van der Waals surface area contributed by atoms with Gasteiger partial charge in [-0.05, 0) is 39.0 Å². The molecule has 0 aliphatic rings. The number of ether oxygens (including phenoxy) is 1. The van der Waals surface area contributed by atoms with Crippen LogP contribution in [-0.2, 0) is 16.1 Å². The van der Waals surface area contributed by atoms with Crippen LogP contribution in [0.1, 0.15) is 35.3 Å². The molecule has 0 radical (unpaired) electrons. The first-order valence-corrected chi connectivity index (χ1v) is 8.73. The molecule has 0 saturated carbocycles. The van der Waals surface area contributed by atoms with Gasteiger partial charge in [-0.3, -0.25) is 9.78 Å². The minimum atomic E-state index is -0.973. The van der Waals surface area contributed by atoms with E-state index in [2.05, 4.69) is 4.98 Å². The lowest BCUT2D eigenvalue weighted by Crippen LogP contribution is -2.34. The van der Waals surface area contributed by atoms with Crippen LogP contribution in [0.3, 0.4) is 0 Å². The molecular weight excluding hydrogens is 364 g/mol. The van der Waals surface area contributed by atoms with E-state index in [4.69, 9.17) is 21.4 Å². The van der Waals surface area contributed by atoms with Crippen molar-refractivity contribution in [3.63, 3.8) is 0 Å². The number of carboxylic acid groups (broad SMARTS) is 1. The fourth-order valence-corrected chi connectivity index (χ4v) is 3.14. The summed E-state index contributed by atoms with van der Waals surface area (Å²) in [4.78, 5) is 30.1. The summed E-state index contributed by atoms with van der Waals surface area (Å²) in [6, 6.07) is 4.98. The molecule has 0 aliphatic carbocycles. The van der Waals surface area contributed by atoms with Gasteiger partial charge < -0.3 is 14.7 Å². The Morgan fingerprint density at radius 2 is 2.04 bits per heavy atom. The van der Waals surface area contributed by atoms with Crippen LogP contribution >= 0.6 is 22.9 Å². The van der Waals surface area contributed by atoms with E-state index in [0.29, 0.717) is 17.3 Å². The molecule has 2 aromatic heterocycles. The van der Waals surface area contributed by atoms with Crippen LogP contribution in [0.2, 0.25) is 5.02 Å². The van der Waals surface area contributed by atoms with Crippen LogP contribution in [0.15, 0.2) is 30.6 Å². The lowest BCUT2D eigenvalue weighted by atomic mass is 10.2. The van der Waals surface area contributed by atoms with Crippen molar-refractivity contribution in [1.82, 2.24) is 4.98 Å². The maximum atomic E-state index is 12.2. The zero-order valence-corrected chi connectivity index (χ0v) is 15.7. The molecular formula is C17H19ClN2O4S. The first-order chi connectivity index (χ1) is 11.6. The molecule has 1 N–H and O–H groups in total. The van der Waals surface area contributed by atoms with Crippen molar-refractivity contribution in [2.75, 3.05) is 11.4 Å². The van der Waals surface area contributed by atoms with Crippen LogP contribution < -0.4 is 4.90 Å². The van der Waals surface area contributed by atoms with Gasteiger partial charge in [-0.2, -0.15) is 0 Å². The Kier molecular flexibility index (Phi) is 6.02. The molecule has 2 aromatic rings. The fourth-order valence-electron chi connectivity index (χ4n) is 2.11. The number of nitrogens with zero attached hydrogens (tertiary/aromatic N) is 2. The predicted octanol–water partition coefficient (Wildman–Crippen LogP) is 3.84. The number of pyridine rings is 1. The van der Waals surface area contributed by atoms with Crippen LogP contribution in [0.5, 0.6) is 0 Å². The maximum absolute atomic E-state index is 12.2. The number of hydrogen-bond donors (Lipinski definition) is 1. The van der Waals surface area contributed by atoms with Crippen molar-refractivity contribution in [2.24, 2.45) is 0 Å². The summed E-state index contributed by atoms with van der Waals surface area (Å²) in [5, 5.41) is 9.50. The Bertz CT molecular complexity index is 770. The van der Waals surface area contributed by atoms with Crippen molar-refractivity contribution >= 4 is 40.6 Å². The molecule has 6 nitrogen and oxygen atoms in total. The molecule has 0 atom stereocenters. The molecule has 25 heavy (non-hydrogen) atoms. The van der Waals surface area contributed by atoms with Gasteiger partial charge in [-0.1, -0.05) is 11.6 Å². The number of halogens is 1. The van der Waals surface area contributed by atoms with Gasteiger partial charge >= 0.3 is 11.9 Å². The average Bonchev–Trinajstić information content (AvgIpc) is 2.93. The second-order valence-corrected chi connectivity index (χ2v) is 7.98. The molecule has 0 bridgehead atoms. The third-order valence-corrected chi connectivity index (χ3v) is 4.28. The topological polar surface area (TPSA) is 79.7 Å². The lowest BCUT2D eigenvalue weighted by Gasteiger charge is -2.26. The monoisotopic (exact) mass is 382 g/mol. The van der Waals surface area contributed by atoms with Crippen molar-refractivity contribution in [3.05, 3.63) is 45.4 Å². The molecule has 0 amide bonds. The number of aromatic nitrogens is 1. The average molecular weight is 383 g/mol. The number of rotatable bonds is 6. The smallest absolute Gasteiger partial charge is 0.345 e. The molecule has 0 unspecified atom stereocenters. The minimum absolute atomic E-state index is 0.000400. The molecule has 134 valence electrons. The van der Waals surface area contributed by atoms with E-state index in [0.717, 1.165) is 16.2 Å². The van der Waals surface area contributed by atoms with Gasteiger partial charge in [0.15, 0.2) is 0 Å². The van der Waals surface area contributed by atoms with E-state index in [1.54, 1.807) is 50.1 Å². The summed E-state index contributed by atoms with van der Waals surface area (Å²) in [5.74, 6) is -1.36. The quantitative estimate of drug-likeness (QED) is 0.764. The van der Waals surface area contributed by atoms with Gasteiger partial charge in [0, 0.05) is 11.1 Å². The molecule has 0 aromatic carbocycles. The molecule has 8 heteroatoms. The lowest BCUT2D eigenvalue weighted by molar-refractivity contribution is -0.153. The van der Waals surface area contributed by atoms with Gasteiger partial charge in [0.1, 0.15) is 17.0 Å². The molecule has 0 saturated heterocycles. The second kappa shape index (κ2) is 7.84. The predicted molar refractivity (Wildman–Crippen MR) is 97.4 cm³/mol. The summed E-state index contributed by atoms with van der Waals surface area (Å²) in [6.07, 6.45) is 3.10. The number of aromatic carboxylic acids is 1. The van der Waals surface area contributed by atoms with E-state index < -0.39 is 11.6 Å². The van der Waals surface area contributed by atoms with Crippen molar-refractivity contribution in [2.45, 2.75) is 32.9 Å². The van der Waals surface area contributed by atoms with E-state index in [1.165, 1.54) is 6.20 Å². The van der Waals surface area contributed by atoms with Gasteiger partial charge in [0.05, 0.1) is 23.5 Å². The Hall–Kier alpha value is -2.12. The molecule has 0 aliphatic heterocycles. The van der Waals surface area contributed by atoms with Gasteiger partial charge in [-0.15, -0.1) is 11.3 Å². The van der Waals surface area contributed by atoms with Crippen molar-refractivity contribution in [3.8, 4) is 0 Å². The Morgan fingerprint density at radius 1 is 1.32 bits per heavy atom. The zero-order valence-electron chi connectivity index (χ0n) is 14.2. The van der Waals surface area contributed by atoms with E-state index >= 15 is 0 Å². The maximum Gasteiger partial charge on any atom is 0.345 e. The highest BCUT2D eigenvalue weighted by Crippen LogP contribution is 2.24. The number of carboxylic acids is 1. The number of carbonyl (C=O) groups is 2. The van der Waals surface area contributed by atoms with Crippen molar-refractivity contribution < 1.29 is 19.4 Å². The highest BCUT2D eigenvalue weighted by atomic mass is 35.5. The summed E-state index contributed by atoms with van der Waals surface area (Å²) in [5.41, 5.74) is 0.0676.